The number of hydrogen-bond donors (Lipinski definition) is 1. The van der Waals surface area contributed by atoms with Crippen molar-refractivity contribution in [1.29, 1.82) is 0 Å². The van der Waals surface area contributed by atoms with Gasteiger partial charge in [0.1, 0.15) is 0 Å². The van der Waals surface area contributed by atoms with Crippen molar-refractivity contribution in [3.8, 4) is 0 Å². The molecule has 0 spiro atoms. The van der Waals surface area contributed by atoms with Crippen LogP contribution in [0.1, 0.15) is 35.0 Å². The van der Waals surface area contributed by atoms with Crippen molar-refractivity contribution >= 4 is 0 Å². The zero-order valence-electron chi connectivity index (χ0n) is 9.34. The Hall–Kier alpha value is -0.0800. The highest BCUT2D eigenvalue weighted by molar-refractivity contribution is 4.80. The summed E-state index contributed by atoms with van der Waals surface area (Å²) >= 11 is 0. The molecular weight excluding hydrogens is 160 g/mol. The first-order chi connectivity index (χ1) is 6.26. The van der Waals surface area contributed by atoms with Gasteiger partial charge in [-0.2, -0.15) is 0 Å². The van der Waals surface area contributed by atoms with Crippen molar-refractivity contribution in [2.24, 2.45) is 5.92 Å². The lowest BCUT2D eigenvalue weighted by Crippen LogP contribution is -2.35. The Morgan fingerprint density at radius 3 is 2.85 bits per heavy atom. The van der Waals surface area contributed by atoms with E-state index < -0.39 is 0 Å². The van der Waals surface area contributed by atoms with Crippen LogP contribution in [-0.2, 0) is 0 Å². The molecule has 0 bridgehead atoms. The second kappa shape index (κ2) is 5.61. The van der Waals surface area contributed by atoms with Crippen LogP contribution in [0.5, 0.6) is 0 Å². The van der Waals surface area contributed by atoms with Gasteiger partial charge in [-0.25, -0.2) is 0 Å². The molecule has 1 N–H and O–H groups in total. The molecule has 2 atom stereocenters. The first-order valence-corrected chi connectivity index (χ1v) is 5.72. The molecule has 0 aromatic rings. The lowest BCUT2D eigenvalue weighted by Gasteiger charge is -2.16. The standard InChI is InChI=1S/C11H24N2.H2/c1-4-10(3)8-12-11-6-7-13(5-2)9-11;/h10-12H,4-9H2,1-3H3;1H. The smallest absolute Gasteiger partial charge is 0.0207 e. The van der Waals surface area contributed by atoms with Crippen LogP contribution in [0.25, 0.3) is 0 Å². The Kier molecular flexibility index (Phi) is 4.74. The van der Waals surface area contributed by atoms with Crippen LogP contribution in [-0.4, -0.2) is 37.1 Å². The zero-order chi connectivity index (χ0) is 9.68. The van der Waals surface area contributed by atoms with Gasteiger partial charge in [-0.3, -0.25) is 0 Å². The van der Waals surface area contributed by atoms with E-state index in [-0.39, 0.29) is 1.43 Å². The summed E-state index contributed by atoms with van der Waals surface area (Å²) in [7, 11) is 0. The number of likely N-dealkylation sites (tertiary alicyclic amines) is 1. The molecule has 0 aromatic heterocycles. The van der Waals surface area contributed by atoms with Gasteiger partial charge < -0.3 is 10.2 Å². The SMILES string of the molecule is CCC(C)CNC1CCN(CC)C1.[HH]. The summed E-state index contributed by atoms with van der Waals surface area (Å²) in [5, 5.41) is 3.65. The minimum absolute atomic E-state index is 0. The third-order valence-electron chi connectivity index (χ3n) is 3.17. The quantitative estimate of drug-likeness (QED) is 0.706. The van der Waals surface area contributed by atoms with Gasteiger partial charge in [-0.15, -0.1) is 0 Å². The maximum atomic E-state index is 3.65. The van der Waals surface area contributed by atoms with Crippen molar-refractivity contribution in [3.05, 3.63) is 0 Å². The van der Waals surface area contributed by atoms with Crippen LogP contribution in [0.2, 0.25) is 0 Å². The monoisotopic (exact) mass is 186 g/mol. The van der Waals surface area contributed by atoms with Crippen molar-refractivity contribution in [2.45, 2.75) is 39.7 Å². The van der Waals surface area contributed by atoms with Gasteiger partial charge in [0.15, 0.2) is 0 Å². The largest absolute Gasteiger partial charge is 0.312 e. The van der Waals surface area contributed by atoms with E-state index >= 15 is 0 Å². The summed E-state index contributed by atoms with van der Waals surface area (Å²) in [6.45, 7) is 11.8. The molecule has 2 unspecified atom stereocenters. The van der Waals surface area contributed by atoms with Gasteiger partial charge in [0.2, 0.25) is 0 Å². The van der Waals surface area contributed by atoms with E-state index in [1.54, 1.807) is 0 Å². The molecule has 0 aromatic carbocycles. The predicted octanol–water partition coefficient (Wildman–Crippen LogP) is 1.96. The fraction of sp³-hybridized carbons (Fsp3) is 1.00. The van der Waals surface area contributed by atoms with Crippen LogP contribution >= 0.6 is 0 Å². The first kappa shape index (κ1) is 11.0. The van der Waals surface area contributed by atoms with E-state index in [4.69, 9.17) is 0 Å². The molecule has 1 aliphatic rings. The Morgan fingerprint density at radius 2 is 2.31 bits per heavy atom. The Labute approximate surface area is 84.2 Å². The van der Waals surface area contributed by atoms with E-state index in [0.29, 0.717) is 0 Å². The molecule has 0 radical (unpaired) electrons. The van der Waals surface area contributed by atoms with Gasteiger partial charge in [0, 0.05) is 14.0 Å². The van der Waals surface area contributed by atoms with Gasteiger partial charge in [0.25, 0.3) is 0 Å². The summed E-state index contributed by atoms with van der Waals surface area (Å²) < 4.78 is 0. The van der Waals surface area contributed by atoms with Crippen LogP contribution in [0.15, 0.2) is 0 Å². The van der Waals surface area contributed by atoms with Crippen molar-refractivity contribution in [2.75, 3.05) is 26.2 Å². The normalized spacial score (nSPS) is 26.5. The fourth-order valence-electron chi connectivity index (χ4n) is 1.80. The molecule has 0 aliphatic carbocycles. The molecular formula is C11H26N2. The third kappa shape index (κ3) is 3.65. The van der Waals surface area contributed by atoms with E-state index in [9.17, 15) is 0 Å². The Bertz CT molecular complexity index is 141. The number of likely N-dealkylation sites (N-methyl/N-ethyl adjacent to an activating group) is 1. The van der Waals surface area contributed by atoms with Crippen molar-refractivity contribution in [3.63, 3.8) is 0 Å². The van der Waals surface area contributed by atoms with Gasteiger partial charge in [-0.05, 0) is 32.0 Å². The van der Waals surface area contributed by atoms with Crippen molar-refractivity contribution < 1.29 is 1.43 Å². The molecule has 13 heavy (non-hydrogen) atoms. The van der Waals surface area contributed by atoms with E-state index in [1.807, 2.05) is 0 Å². The molecule has 80 valence electrons. The average molecular weight is 186 g/mol. The summed E-state index contributed by atoms with van der Waals surface area (Å²) in [5.74, 6) is 0.829. The predicted molar refractivity (Wildman–Crippen MR) is 60.1 cm³/mol. The molecule has 2 nitrogen and oxygen atoms in total. The summed E-state index contributed by atoms with van der Waals surface area (Å²) in [6.07, 6.45) is 2.63. The Balaban J connectivity index is 0.00000169. The van der Waals surface area contributed by atoms with Gasteiger partial charge >= 0.3 is 0 Å². The van der Waals surface area contributed by atoms with E-state index in [2.05, 4.69) is 31.0 Å². The van der Waals surface area contributed by atoms with Crippen LogP contribution in [0, 0.1) is 5.92 Å². The van der Waals surface area contributed by atoms with Gasteiger partial charge in [-0.1, -0.05) is 27.2 Å². The molecule has 2 heteroatoms. The lowest BCUT2D eigenvalue weighted by atomic mass is 10.1. The Morgan fingerprint density at radius 1 is 1.54 bits per heavy atom. The molecule has 1 saturated heterocycles. The topological polar surface area (TPSA) is 15.3 Å². The van der Waals surface area contributed by atoms with Gasteiger partial charge in [0.05, 0.1) is 0 Å². The van der Waals surface area contributed by atoms with Crippen LogP contribution in [0.3, 0.4) is 0 Å². The number of rotatable bonds is 5. The maximum absolute atomic E-state index is 3.65. The molecule has 0 saturated carbocycles. The highest BCUT2D eigenvalue weighted by atomic mass is 15.2. The number of nitrogens with one attached hydrogen (secondary N) is 1. The molecule has 1 aliphatic heterocycles. The average Bonchev–Trinajstić information content (AvgIpc) is 2.61. The molecule has 0 amide bonds. The maximum Gasteiger partial charge on any atom is 0.0207 e. The second-order valence-electron chi connectivity index (χ2n) is 4.30. The lowest BCUT2D eigenvalue weighted by molar-refractivity contribution is 0.341. The van der Waals surface area contributed by atoms with Crippen LogP contribution in [0.4, 0.5) is 0 Å². The molecule has 1 fully saturated rings. The summed E-state index contributed by atoms with van der Waals surface area (Å²) in [5.41, 5.74) is 0. The number of hydrogen-bond acceptors (Lipinski definition) is 2. The number of nitrogens with zero attached hydrogens (tertiary/aromatic N) is 1. The van der Waals surface area contributed by atoms with Crippen molar-refractivity contribution in [1.82, 2.24) is 10.2 Å². The van der Waals surface area contributed by atoms with E-state index in [1.165, 1.54) is 39.0 Å². The fourth-order valence-corrected chi connectivity index (χ4v) is 1.80. The first-order valence-electron chi connectivity index (χ1n) is 5.72. The van der Waals surface area contributed by atoms with Crippen LogP contribution < -0.4 is 5.32 Å². The van der Waals surface area contributed by atoms with E-state index in [0.717, 1.165) is 12.0 Å². The summed E-state index contributed by atoms with van der Waals surface area (Å²) in [4.78, 5) is 2.52. The molecule has 1 heterocycles. The minimum atomic E-state index is 0. The molecule has 1 rings (SSSR count). The minimum Gasteiger partial charge on any atom is -0.312 e. The third-order valence-corrected chi connectivity index (χ3v) is 3.17. The zero-order valence-corrected chi connectivity index (χ0v) is 9.34. The second-order valence-corrected chi connectivity index (χ2v) is 4.30. The highest BCUT2D eigenvalue weighted by Gasteiger charge is 2.20. The highest BCUT2D eigenvalue weighted by Crippen LogP contribution is 2.09. The summed E-state index contributed by atoms with van der Waals surface area (Å²) in [6, 6.07) is 0.758.